The molecule has 0 unspecified atom stereocenters. The van der Waals surface area contributed by atoms with Crippen LogP contribution in [0.2, 0.25) is 10.0 Å². The molecule has 8 heteroatoms. The first-order valence-electron chi connectivity index (χ1n) is 11.2. The van der Waals surface area contributed by atoms with Gasteiger partial charge in [0.2, 0.25) is 5.91 Å². The molecule has 1 heterocycles. The van der Waals surface area contributed by atoms with Crippen LogP contribution in [0.25, 0.3) is 16.6 Å². The number of benzene rings is 3. The van der Waals surface area contributed by atoms with E-state index in [2.05, 4.69) is 15.7 Å². The molecular weight excluding hydrogens is 483 g/mol. The Morgan fingerprint density at radius 3 is 2.46 bits per heavy atom. The summed E-state index contributed by atoms with van der Waals surface area (Å²) >= 11 is 12.4. The van der Waals surface area contributed by atoms with Gasteiger partial charge in [0, 0.05) is 23.4 Å². The van der Waals surface area contributed by atoms with Crippen LogP contribution in [0.1, 0.15) is 43.1 Å². The van der Waals surface area contributed by atoms with E-state index in [-0.39, 0.29) is 17.2 Å². The average Bonchev–Trinajstić information content (AvgIpc) is 3.23. The number of aromatic nitrogens is 2. The van der Waals surface area contributed by atoms with E-state index >= 15 is 0 Å². The van der Waals surface area contributed by atoms with Crippen LogP contribution in [0.15, 0.2) is 66.9 Å². The second-order valence-electron chi connectivity index (χ2n) is 9.55. The smallest absolute Gasteiger partial charge is 0.257 e. The van der Waals surface area contributed by atoms with Crippen molar-refractivity contribution in [1.82, 2.24) is 15.1 Å². The van der Waals surface area contributed by atoms with Crippen LogP contribution in [0.4, 0.5) is 5.69 Å². The van der Waals surface area contributed by atoms with Gasteiger partial charge in [0.15, 0.2) is 0 Å². The molecule has 0 aliphatic rings. The van der Waals surface area contributed by atoms with E-state index in [0.717, 1.165) is 22.2 Å². The highest BCUT2D eigenvalue weighted by Crippen LogP contribution is 2.27. The molecule has 2 N–H and O–H groups in total. The van der Waals surface area contributed by atoms with Gasteiger partial charge >= 0.3 is 0 Å². The summed E-state index contributed by atoms with van der Waals surface area (Å²) in [6.07, 6.45) is 2.13. The van der Waals surface area contributed by atoms with Crippen LogP contribution in [0.3, 0.4) is 0 Å². The summed E-state index contributed by atoms with van der Waals surface area (Å²) < 4.78 is 1.79. The van der Waals surface area contributed by atoms with Gasteiger partial charge in [-0.1, -0.05) is 56.1 Å². The van der Waals surface area contributed by atoms with Crippen LogP contribution in [0.5, 0.6) is 0 Å². The Labute approximate surface area is 214 Å². The molecule has 35 heavy (non-hydrogen) atoms. The maximum absolute atomic E-state index is 13.1. The number of nitrogens with zero attached hydrogens (tertiary/aromatic N) is 2. The van der Waals surface area contributed by atoms with E-state index in [4.69, 9.17) is 23.2 Å². The van der Waals surface area contributed by atoms with Gasteiger partial charge in [-0.15, -0.1) is 0 Å². The van der Waals surface area contributed by atoms with Crippen molar-refractivity contribution in [2.24, 2.45) is 5.41 Å². The van der Waals surface area contributed by atoms with Crippen molar-refractivity contribution in [3.63, 3.8) is 0 Å². The van der Waals surface area contributed by atoms with Crippen LogP contribution in [-0.2, 0) is 11.3 Å². The zero-order valence-electron chi connectivity index (χ0n) is 19.7. The maximum atomic E-state index is 13.1. The fourth-order valence-corrected chi connectivity index (χ4v) is 4.07. The van der Waals surface area contributed by atoms with E-state index < -0.39 is 0 Å². The number of carbonyl (C=O) groups excluding carboxylic acids is 2. The van der Waals surface area contributed by atoms with Crippen molar-refractivity contribution < 1.29 is 9.59 Å². The fraction of sp³-hybridized carbons (Fsp3) is 0.222. The molecule has 0 aliphatic carbocycles. The van der Waals surface area contributed by atoms with Gasteiger partial charge in [0.25, 0.3) is 5.91 Å². The van der Waals surface area contributed by atoms with Gasteiger partial charge in [0.1, 0.15) is 0 Å². The Morgan fingerprint density at radius 1 is 1.00 bits per heavy atom. The van der Waals surface area contributed by atoms with Gasteiger partial charge in [-0.25, -0.2) is 4.68 Å². The van der Waals surface area contributed by atoms with Crippen molar-refractivity contribution in [3.8, 4) is 5.69 Å². The zero-order valence-corrected chi connectivity index (χ0v) is 21.2. The van der Waals surface area contributed by atoms with Crippen LogP contribution in [0, 0.1) is 5.41 Å². The lowest BCUT2D eigenvalue weighted by Gasteiger charge is -2.17. The summed E-state index contributed by atoms with van der Waals surface area (Å²) in [5.41, 5.74) is 3.33. The molecule has 0 radical (unpaired) electrons. The molecule has 0 saturated heterocycles. The van der Waals surface area contributed by atoms with E-state index in [1.807, 2.05) is 51.1 Å². The number of halogens is 2. The predicted molar refractivity (Wildman–Crippen MR) is 141 cm³/mol. The Hall–Kier alpha value is -3.35. The molecule has 0 fully saturated rings. The molecule has 0 atom stereocenters. The van der Waals surface area contributed by atoms with Crippen LogP contribution in [-0.4, -0.2) is 21.6 Å². The number of carbonyl (C=O) groups is 2. The van der Waals surface area contributed by atoms with E-state index in [9.17, 15) is 9.59 Å². The minimum absolute atomic E-state index is 0.0390. The summed E-state index contributed by atoms with van der Waals surface area (Å²) in [6.45, 7) is 6.35. The Bertz CT molecular complexity index is 1390. The van der Waals surface area contributed by atoms with E-state index in [0.29, 0.717) is 34.3 Å². The molecule has 3 aromatic carbocycles. The summed E-state index contributed by atoms with van der Waals surface area (Å²) in [6, 6.07) is 18.1. The lowest BCUT2D eigenvalue weighted by atomic mass is 9.92. The fourth-order valence-electron chi connectivity index (χ4n) is 3.74. The Morgan fingerprint density at radius 2 is 1.74 bits per heavy atom. The van der Waals surface area contributed by atoms with Gasteiger partial charge in [-0.3, -0.25) is 9.59 Å². The van der Waals surface area contributed by atoms with Gasteiger partial charge in [-0.2, -0.15) is 5.10 Å². The number of rotatable bonds is 6. The molecule has 1 aromatic heterocycles. The number of hydrogen-bond donors (Lipinski definition) is 2. The SMILES string of the molecule is CC(C)(C)CC(=O)NCc1ccc(Cl)c(C(=O)Nc2cccc3c2cnn3-c2ccc(Cl)cc2)c1. The van der Waals surface area contributed by atoms with Crippen LogP contribution < -0.4 is 10.6 Å². The van der Waals surface area contributed by atoms with Gasteiger partial charge < -0.3 is 10.6 Å². The number of amides is 2. The predicted octanol–water partition coefficient (Wildman–Crippen LogP) is 6.64. The van der Waals surface area contributed by atoms with Crippen molar-refractivity contribution in [2.75, 3.05) is 5.32 Å². The molecule has 0 spiro atoms. The lowest BCUT2D eigenvalue weighted by molar-refractivity contribution is -0.122. The standard InChI is InChI=1S/C27H26Cl2N4O2/c1-27(2,3)14-25(34)30-15-17-7-12-22(29)20(13-17)26(35)32-23-5-4-6-24-21(23)16-31-33(24)19-10-8-18(28)9-11-19/h4-13,16H,14-15H2,1-3H3,(H,30,34)(H,32,35). The van der Waals surface area contributed by atoms with Gasteiger partial charge in [0.05, 0.1) is 33.7 Å². The minimum atomic E-state index is -0.343. The second kappa shape index (κ2) is 10.1. The molecule has 180 valence electrons. The summed E-state index contributed by atoms with van der Waals surface area (Å²) in [4.78, 5) is 25.3. The van der Waals surface area contributed by atoms with Crippen LogP contribution >= 0.6 is 23.2 Å². The third-order valence-electron chi connectivity index (χ3n) is 5.39. The maximum Gasteiger partial charge on any atom is 0.257 e. The second-order valence-corrected chi connectivity index (χ2v) is 10.4. The number of nitrogens with one attached hydrogen (secondary N) is 2. The van der Waals surface area contributed by atoms with Crippen molar-refractivity contribution in [3.05, 3.63) is 88.0 Å². The third kappa shape index (κ3) is 6.02. The molecule has 4 aromatic rings. The van der Waals surface area contributed by atoms with Crippen molar-refractivity contribution in [1.29, 1.82) is 0 Å². The first kappa shape index (κ1) is 24.8. The summed E-state index contributed by atoms with van der Waals surface area (Å²) in [5.74, 6) is -0.382. The normalized spacial score (nSPS) is 11.5. The van der Waals surface area contributed by atoms with Crippen molar-refractivity contribution in [2.45, 2.75) is 33.7 Å². The first-order chi connectivity index (χ1) is 16.6. The average molecular weight is 509 g/mol. The number of anilines is 1. The topological polar surface area (TPSA) is 76.0 Å². The Balaban J connectivity index is 1.54. The molecular formula is C27H26Cl2N4O2. The highest BCUT2D eigenvalue weighted by Gasteiger charge is 2.17. The zero-order chi connectivity index (χ0) is 25.2. The molecule has 0 saturated carbocycles. The molecule has 6 nitrogen and oxygen atoms in total. The van der Waals surface area contributed by atoms with Crippen molar-refractivity contribution >= 4 is 51.6 Å². The van der Waals surface area contributed by atoms with Gasteiger partial charge in [-0.05, 0) is 59.5 Å². The monoisotopic (exact) mass is 508 g/mol. The van der Waals surface area contributed by atoms with E-state index in [1.54, 1.807) is 41.2 Å². The molecule has 0 aliphatic heterocycles. The molecule has 4 rings (SSSR count). The summed E-state index contributed by atoms with van der Waals surface area (Å²) in [5, 5.41) is 12.1. The third-order valence-corrected chi connectivity index (χ3v) is 5.97. The molecule has 0 bridgehead atoms. The Kier molecular flexibility index (Phi) is 7.15. The summed E-state index contributed by atoms with van der Waals surface area (Å²) in [7, 11) is 0. The highest BCUT2D eigenvalue weighted by molar-refractivity contribution is 6.34. The number of fused-ring (bicyclic) bond motifs is 1. The number of hydrogen-bond acceptors (Lipinski definition) is 3. The first-order valence-corrected chi connectivity index (χ1v) is 12.0. The van der Waals surface area contributed by atoms with E-state index in [1.165, 1.54) is 0 Å². The molecule has 2 amide bonds. The minimum Gasteiger partial charge on any atom is -0.352 e. The largest absolute Gasteiger partial charge is 0.352 e. The highest BCUT2D eigenvalue weighted by atomic mass is 35.5. The quantitative estimate of drug-likeness (QED) is 0.306. The lowest BCUT2D eigenvalue weighted by Crippen LogP contribution is -2.27.